The van der Waals surface area contributed by atoms with Crippen LogP contribution in [0, 0.1) is 0 Å². The molecule has 0 aromatic carbocycles. The van der Waals surface area contributed by atoms with Gasteiger partial charge in [0.15, 0.2) is 0 Å². The van der Waals surface area contributed by atoms with Crippen molar-refractivity contribution in [2.75, 3.05) is 0 Å². The van der Waals surface area contributed by atoms with Gasteiger partial charge < -0.3 is 0 Å². The molecule has 0 spiro atoms. The summed E-state index contributed by atoms with van der Waals surface area (Å²) in [5, 5.41) is 0. The Hall–Kier alpha value is 0.217. The summed E-state index contributed by atoms with van der Waals surface area (Å²) in [6.45, 7) is 4.50. The minimum Gasteiger partial charge on any atom is -0.0654 e. The Kier molecular flexibility index (Phi) is 7.48. The number of hydrogen-bond acceptors (Lipinski definition) is 0. The molecule has 0 aliphatic rings. The molecule has 0 bridgehead atoms. The van der Waals surface area contributed by atoms with Gasteiger partial charge in [-0.25, -0.2) is 0 Å². The fraction of sp³-hybridized carbons (Fsp3) is 1.00. The first-order valence-electron chi connectivity index (χ1n) is 4.52. The molecule has 0 aliphatic heterocycles. The van der Waals surface area contributed by atoms with Gasteiger partial charge in [0.2, 0.25) is 0 Å². The first kappa shape index (κ1) is 10.2. The van der Waals surface area contributed by atoms with Crippen LogP contribution >= 0.6 is 0 Å². The van der Waals surface area contributed by atoms with Crippen molar-refractivity contribution >= 4 is 10.2 Å². The third-order valence-corrected chi connectivity index (χ3v) is 2.39. The molecule has 0 N–H and O–H groups in total. The molecule has 1 heteroatoms. The van der Waals surface area contributed by atoms with Crippen molar-refractivity contribution in [1.29, 1.82) is 0 Å². The lowest BCUT2D eigenvalue weighted by molar-refractivity contribution is 0.601. The Morgan fingerprint density at radius 3 is 1.70 bits per heavy atom. The van der Waals surface area contributed by atoms with Crippen LogP contribution in [0.1, 0.15) is 52.4 Å². The van der Waals surface area contributed by atoms with Gasteiger partial charge in [-0.1, -0.05) is 57.9 Å². The molecule has 0 aromatic heterocycles. The molecule has 59 valence electrons. The maximum atomic E-state index is 3.73. The molecule has 10 heavy (non-hydrogen) atoms. The van der Waals surface area contributed by atoms with E-state index in [1.54, 1.807) is 0 Å². The summed E-state index contributed by atoms with van der Waals surface area (Å²) in [6.07, 6.45) is 8.11. The third kappa shape index (κ3) is 6.34. The van der Waals surface area contributed by atoms with Crippen LogP contribution in [0.3, 0.4) is 0 Å². The van der Waals surface area contributed by atoms with Gasteiger partial charge >= 0.3 is 0 Å². The minimum atomic E-state index is 0.778. The van der Waals surface area contributed by atoms with Crippen molar-refractivity contribution in [3.8, 4) is 0 Å². The van der Waals surface area contributed by atoms with Crippen LogP contribution < -0.4 is 0 Å². The largest absolute Gasteiger partial charge is 0.0654 e. The van der Waals surface area contributed by atoms with Crippen LogP contribution in [-0.2, 0) is 0 Å². The van der Waals surface area contributed by atoms with Crippen molar-refractivity contribution in [3.05, 3.63) is 0 Å². The highest BCUT2D eigenvalue weighted by molar-refractivity contribution is 6.11. The summed E-state index contributed by atoms with van der Waals surface area (Å²) in [5.74, 6) is 0. The molecule has 0 atom stereocenters. The number of hydrogen-bond donors (Lipinski definition) is 0. The summed E-state index contributed by atoms with van der Waals surface area (Å²) in [5.41, 5.74) is 0.778. The molecular formula is C9H19Si. The zero-order chi connectivity index (χ0) is 7.82. The van der Waals surface area contributed by atoms with Crippen molar-refractivity contribution in [2.45, 2.75) is 57.9 Å². The van der Waals surface area contributed by atoms with E-state index in [4.69, 9.17) is 0 Å². The van der Waals surface area contributed by atoms with E-state index in [0.717, 1.165) is 5.54 Å². The highest BCUT2D eigenvalue weighted by Crippen LogP contribution is 2.17. The van der Waals surface area contributed by atoms with E-state index in [1.165, 1.54) is 38.5 Å². The zero-order valence-corrected chi connectivity index (χ0v) is 8.32. The van der Waals surface area contributed by atoms with Crippen LogP contribution in [0.25, 0.3) is 0 Å². The van der Waals surface area contributed by atoms with Gasteiger partial charge in [-0.05, 0) is 0 Å². The highest BCUT2D eigenvalue weighted by atomic mass is 28.1. The van der Waals surface area contributed by atoms with Crippen LogP contribution in [0.15, 0.2) is 0 Å². The van der Waals surface area contributed by atoms with Crippen LogP contribution in [-0.4, -0.2) is 10.2 Å². The lowest BCUT2D eigenvalue weighted by Crippen LogP contribution is -1.91. The van der Waals surface area contributed by atoms with Crippen molar-refractivity contribution in [1.82, 2.24) is 0 Å². The van der Waals surface area contributed by atoms with Crippen LogP contribution in [0.5, 0.6) is 0 Å². The normalized spacial score (nSPS) is 10.8. The van der Waals surface area contributed by atoms with E-state index in [2.05, 4.69) is 24.1 Å². The Morgan fingerprint density at radius 1 is 1.00 bits per heavy atom. The molecule has 0 rings (SSSR count). The highest BCUT2D eigenvalue weighted by Gasteiger charge is 1.99. The Bertz CT molecular complexity index is 53.7. The van der Waals surface area contributed by atoms with Gasteiger partial charge in [-0.3, -0.25) is 0 Å². The lowest BCUT2D eigenvalue weighted by atomic mass is 10.1. The molecule has 0 saturated heterocycles. The fourth-order valence-electron chi connectivity index (χ4n) is 1.05. The molecule has 0 aliphatic carbocycles. The van der Waals surface area contributed by atoms with Gasteiger partial charge in [-0.15, -0.1) is 0 Å². The standard InChI is InChI=1S/C9H19Si/c1-3-5-7-9(10)8-6-4-2/h9H,3-8H2,1-2H3. The van der Waals surface area contributed by atoms with E-state index in [9.17, 15) is 0 Å². The molecule has 0 heterocycles. The quantitative estimate of drug-likeness (QED) is 0.516. The second kappa shape index (κ2) is 7.33. The molecule has 0 saturated carbocycles. The smallest absolute Gasteiger partial charge is 0.0266 e. The van der Waals surface area contributed by atoms with E-state index in [0.29, 0.717) is 0 Å². The average molecular weight is 155 g/mol. The van der Waals surface area contributed by atoms with E-state index in [1.807, 2.05) is 0 Å². The summed E-state index contributed by atoms with van der Waals surface area (Å²) < 4.78 is 0. The molecular weight excluding hydrogens is 136 g/mol. The van der Waals surface area contributed by atoms with Gasteiger partial charge in [0, 0.05) is 10.2 Å². The Labute approximate surface area is 68.8 Å². The summed E-state index contributed by atoms with van der Waals surface area (Å²) >= 11 is 0. The lowest BCUT2D eigenvalue weighted by Gasteiger charge is -2.08. The molecule has 0 amide bonds. The SMILES string of the molecule is CCCCC([Si])CCCC. The van der Waals surface area contributed by atoms with Gasteiger partial charge in [0.05, 0.1) is 0 Å². The van der Waals surface area contributed by atoms with Gasteiger partial charge in [-0.2, -0.15) is 0 Å². The van der Waals surface area contributed by atoms with Gasteiger partial charge in [0.1, 0.15) is 0 Å². The molecule has 0 fully saturated rings. The number of unbranched alkanes of at least 4 members (excludes halogenated alkanes) is 2. The maximum absolute atomic E-state index is 3.73. The first-order chi connectivity index (χ1) is 4.81. The minimum absolute atomic E-state index is 0.778. The third-order valence-electron chi connectivity index (χ3n) is 1.81. The first-order valence-corrected chi connectivity index (χ1v) is 5.10. The predicted octanol–water partition coefficient (Wildman–Crippen LogP) is 3.32. The maximum Gasteiger partial charge on any atom is 0.0266 e. The summed E-state index contributed by atoms with van der Waals surface area (Å²) in [4.78, 5) is 0. The second-order valence-electron chi connectivity index (χ2n) is 2.98. The average Bonchev–Trinajstić information content (AvgIpc) is 1.97. The molecule has 0 aromatic rings. The van der Waals surface area contributed by atoms with Crippen molar-refractivity contribution in [3.63, 3.8) is 0 Å². The van der Waals surface area contributed by atoms with Crippen molar-refractivity contribution in [2.24, 2.45) is 0 Å². The fourth-order valence-corrected chi connectivity index (χ4v) is 1.45. The van der Waals surface area contributed by atoms with Crippen LogP contribution in [0.2, 0.25) is 5.54 Å². The monoisotopic (exact) mass is 155 g/mol. The van der Waals surface area contributed by atoms with Gasteiger partial charge in [0.25, 0.3) is 0 Å². The number of rotatable bonds is 6. The Morgan fingerprint density at radius 2 is 1.40 bits per heavy atom. The zero-order valence-electron chi connectivity index (χ0n) is 7.32. The van der Waals surface area contributed by atoms with Crippen LogP contribution in [0.4, 0.5) is 0 Å². The molecule has 0 nitrogen and oxygen atoms in total. The molecule has 3 radical (unpaired) electrons. The summed E-state index contributed by atoms with van der Waals surface area (Å²) in [6, 6.07) is 0. The Balaban J connectivity index is 3.00. The van der Waals surface area contributed by atoms with Crippen molar-refractivity contribution < 1.29 is 0 Å². The molecule has 0 unspecified atom stereocenters. The second-order valence-corrected chi connectivity index (χ2v) is 3.80. The predicted molar refractivity (Wildman–Crippen MR) is 48.6 cm³/mol. The van der Waals surface area contributed by atoms with E-state index in [-0.39, 0.29) is 0 Å². The topological polar surface area (TPSA) is 0 Å². The summed E-state index contributed by atoms with van der Waals surface area (Å²) in [7, 11) is 3.73. The van der Waals surface area contributed by atoms with E-state index >= 15 is 0 Å². The van der Waals surface area contributed by atoms with E-state index < -0.39 is 0 Å².